The van der Waals surface area contributed by atoms with Crippen molar-refractivity contribution in [2.24, 2.45) is 0 Å². The molecule has 3 rings (SSSR count). The summed E-state index contributed by atoms with van der Waals surface area (Å²) in [5, 5.41) is 9.48. The van der Waals surface area contributed by atoms with E-state index in [1.165, 1.54) is 0 Å². The molecule has 0 atom stereocenters. The number of nitrogens with zero attached hydrogens (tertiary/aromatic N) is 1. The van der Waals surface area contributed by atoms with E-state index in [9.17, 15) is 5.11 Å². The van der Waals surface area contributed by atoms with Gasteiger partial charge in [-0.05, 0) is 49.2 Å². The molecule has 18 heavy (non-hydrogen) atoms. The SMILES string of the molecule is Cc1cc(C)c2oc(-c3cccc(O)c3)nc2c1. The molecule has 2 aromatic carbocycles. The van der Waals surface area contributed by atoms with Gasteiger partial charge in [-0.1, -0.05) is 12.1 Å². The van der Waals surface area contributed by atoms with E-state index in [0.29, 0.717) is 5.89 Å². The van der Waals surface area contributed by atoms with Gasteiger partial charge in [-0.15, -0.1) is 0 Å². The lowest BCUT2D eigenvalue weighted by atomic mass is 10.1. The van der Waals surface area contributed by atoms with Gasteiger partial charge in [-0.2, -0.15) is 0 Å². The molecule has 0 aliphatic rings. The van der Waals surface area contributed by atoms with Crippen molar-refractivity contribution in [2.45, 2.75) is 13.8 Å². The van der Waals surface area contributed by atoms with Gasteiger partial charge >= 0.3 is 0 Å². The quantitative estimate of drug-likeness (QED) is 0.702. The maximum absolute atomic E-state index is 9.48. The van der Waals surface area contributed by atoms with Gasteiger partial charge in [-0.25, -0.2) is 4.98 Å². The Morgan fingerprint density at radius 1 is 1.11 bits per heavy atom. The Balaban J connectivity index is 2.22. The summed E-state index contributed by atoms with van der Waals surface area (Å²) in [6.07, 6.45) is 0. The van der Waals surface area contributed by atoms with Crippen LogP contribution in [0, 0.1) is 13.8 Å². The molecule has 3 heteroatoms. The minimum absolute atomic E-state index is 0.211. The molecule has 0 saturated carbocycles. The standard InChI is InChI=1S/C15H13NO2/c1-9-6-10(2)14-13(7-9)16-15(18-14)11-4-3-5-12(17)8-11/h3-8,17H,1-2H3. The maximum atomic E-state index is 9.48. The van der Waals surface area contributed by atoms with Crippen LogP contribution >= 0.6 is 0 Å². The van der Waals surface area contributed by atoms with Gasteiger partial charge < -0.3 is 9.52 Å². The van der Waals surface area contributed by atoms with Crippen LogP contribution in [0.4, 0.5) is 0 Å². The molecule has 0 spiro atoms. The van der Waals surface area contributed by atoms with Crippen LogP contribution in [0.3, 0.4) is 0 Å². The van der Waals surface area contributed by atoms with Gasteiger partial charge in [0.25, 0.3) is 0 Å². The summed E-state index contributed by atoms with van der Waals surface area (Å²) in [5.74, 6) is 0.747. The number of oxazole rings is 1. The molecule has 1 N–H and O–H groups in total. The molecule has 1 aromatic heterocycles. The number of fused-ring (bicyclic) bond motifs is 1. The number of hydrogen-bond donors (Lipinski definition) is 1. The highest BCUT2D eigenvalue weighted by Crippen LogP contribution is 2.28. The monoisotopic (exact) mass is 239 g/mol. The van der Waals surface area contributed by atoms with Crippen LogP contribution in [0.5, 0.6) is 5.75 Å². The second-order valence-corrected chi connectivity index (χ2v) is 4.50. The van der Waals surface area contributed by atoms with Gasteiger partial charge in [0, 0.05) is 5.56 Å². The van der Waals surface area contributed by atoms with Gasteiger partial charge in [0.2, 0.25) is 5.89 Å². The van der Waals surface area contributed by atoms with Crippen molar-refractivity contribution in [3.05, 3.63) is 47.5 Å². The normalized spacial score (nSPS) is 11.0. The van der Waals surface area contributed by atoms with Crippen molar-refractivity contribution in [3.63, 3.8) is 0 Å². The van der Waals surface area contributed by atoms with Crippen LogP contribution < -0.4 is 0 Å². The first-order valence-electron chi connectivity index (χ1n) is 5.81. The van der Waals surface area contributed by atoms with E-state index in [1.807, 2.05) is 26.0 Å². The van der Waals surface area contributed by atoms with E-state index in [4.69, 9.17) is 4.42 Å². The third-order valence-electron chi connectivity index (χ3n) is 2.91. The molecule has 3 aromatic rings. The third-order valence-corrected chi connectivity index (χ3v) is 2.91. The molecule has 0 bridgehead atoms. The minimum atomic E-state index is 0.211. The van der Waals surface area contributed by atoms with Crippen molar-refractivity contribution in [1.82, 2.24) is 4.98 Å². The fraction of sp³-hybridized carbons (Fsp3) is 0.133. The predicted molar refractivity (Wildman–Crippen MR) is 70.6 cm³/mol. The third kappa shape index (κ3) is 1.74. The summed E-state index contributed by atoms with van der Waals surface area (Å²) >= 11 is 0. The molecule has 0 aliphatic carbocycles. The first-order valence-corrected chi connectivity index (χ1v) is 5.81. The van der Waals surface area contributed by atoms with Gasteiger partial charge in [0.1, 0.15) is 11.3 Å². The zero-order valence-electron chi connectivity index (χ0n) is 10.3. The van der Waals surface area contributed by atoms with Crippen molar-refractivity contribution in [3.8, 4) is 17.2 Å². The zero-order chi connectivity index (χ0) is 12.7. The molecular formula is C15H13NO2. The van der Waals surface area contributed by atoms with Crippen LogP contribution in [0.15, 0.2) is 40.8 Å². The Hall–Kier alpha value is -2.29. The number of aryl methyl sites for hydroxylation is 2. The highest BCUT2D eigenvalue weighted by Gasteiger charge is 2.10. The van der Waals surface area contributed by atoms with Crippen molar-refractivity contribution >= 4 is 11.1 Å². The molecule has 3 nitrogen and oxygen atoms in total. The Morgan fingerprint density at radius 2 is 1.94 bits per heavy atom. The van der Waals surface area contributed by atoms with Gasteiger partial charge in [-0.3, -0.25) is 0 Å². The average Bonchev–Trinajstić information content (AvgIpc) is 2.73. The number of benzene rings is 2. The first kappa shape index (κ1) is 10.8. The lowest BCUT2D eigenvalue weighted by Crippen LogP contribution is -1.78. The van der Waals surface area contributed by atoms with E-state index < -0.39 is 0 Å². The Labute approximate surface area is 105 Å². The van der Waals surface area contributed by atoms with Crippen LogP contribution in [0.2, 0.25) is 0 Å². The lowest BCUT2D eigenvalue weighted by molar-refractivity contribution is 0.475. The summed E-state index contributed by atoms with van der Waals surface area (Å²) in [6.45, 7) is 4.04. The predicted octanol–water partition coefficient (Wildman–Crippen LogP) is 3.82. The van der Waals surface area contributed by atoms with E-state index in [2.05, 4.69) is 11.1 Å². The van der Waals surface area contributed by atoms with E-state index in [0.717, 1.165) is 27.8 Å². The second kappa shape index (κ2) is 3.88. The summed E-state index contributed by atoms with van der Waals surface area (Å²) in [4.78, 5) is 4.47. The van der Waals surface area contributed by atoms with Crippen LogP contribution in [-0.4, -0.2) is 10.1 Å². The summed E-state index contributed by atoms with van der Waals surface area (Å²) in [6, 6.07) is 11.0. The highest BCUT2D eigenvalue weighted by molar-refractivity contribution is 5.80. The van der Waals surface area contributed by atoms with E-state index in [1.54, 1.807) is 18.2 Å². The van der Waals surface area contributed by atoms with Crippen molar-refractivity contribution in [1.29, 1.82) is 0 Å². The maximum Gasteiger partial charge on any atom is 0.227 e. The average molecular weight is 239 g/mol. The number of aromatic nitrogens is 1. The van der Waals surface area contributed by atoms with Gasteiger partial charge in [0.05, 0.1) is 0 Å². The van der Waals surface area contributed by atoms with Crippen LogP contribution in [-0.2, 0) is 0 Å². The summed E-state index contributed by atoms with van der Waals surface area (Å²) in [7, 11) is 0. The van der Waals surface area contributed by atoms with Crippen LogP contribution in [0.1, 0.15) is 11.1 Å². The zero-order valence-corrected chi connectivity index (χ0v) is 10.3. The smallest absolute Gasteiger partial charge is 0.227 e. The van der Waals surface area contributed by atoms with Gasteiger partial charge in [0.15, 0.2) is 5.58 Å². The molecule has 90 valence electrons. The van der Waals surface area contributed by atoms with Crippen molar-refractivity contribution < 1.29 is 9.52 Å². The summed E-state index contributed by atoms with van der Waals surface area (Å²) in [5.41, 5.74) is 4.67. The Morgan fingerprint density at radius 3 is 2.72 bits per heavy atom. The molecule has 0 unspecified atom stereocenters. The molecule has 0 aliphatic heterocycles. The topological polar surface area (TPSA) is 46.3 Å². The second-order valence-electron chi connectivity index (χ2n) is 4.50. The van der Waals surface area contributed by atoms with Crippen molar-refractivity contribution in [2.75, 3.05) is 0 Å². The van der Waals surface area contributed by atoms with Crippen LogP contribution in [0.25, 0.3) is 22.6 Å². The number of aromatic hydroxyl groups is 1. The molecule has 1 heterocycles. The van der Waals surface area contributed by atoms with E-state index >= 15 is 0 Å². The number of phenols is 1. The molecule has 0 amide bonds. The largest absolute Gasteiger partial charge is 0.508 e. The fourth-order valence-electron chi connectivity index (χ4n) is 2.14. The summed E-state index contributed by atoms with van der Waals surface area (Å²) < 4.78 is 5.77. The molecule has 0 radical (unpaired) electrons. The lowest BCUT2D eigenvalue weighted by Gasteiger charge is -1.96. The first-order chi connectivity index (χ1) is 8.63. The fourth-order valence-corrected chi connectivity index (χ4v) is 2.14. The molecular weight excluding hydrogens is 226 g/mol. The molecule has 0 fully saturated rings. The van der Waals surface area contributed by atoms with E-state index in [-0.39, 0.29) is 5.75 Å². The Bertz CT molecular complexity index is 728. The molecule has 0 saturated heterocycles. The minimum Gasteiger partial charge on any atom is -0.508 e. The number of hydrogen-bond acceptors (Lipinski definition) is 3. The Kier molecular flexibility index (Phi) is 2.33. The highest BCUT2D eigenvalue weighted by atomic mass is 16.3. The number of phenolic OH excluding ortho intramolecular Hbond substituents is 1. The number of rotatable bonds is 1.